The van der Waals surface area contributed by atoms with E-state index in [1.54, 1.807) is 6.92 Å². The summed E-state index contributed by atoms with van der Waals surface area (Å²) in [5, 5.41) is 6.78. The van der Waals surface area contributed by atoms with Crippen LogP contribution in [-0.2, 0) is 4.79 Å². The van der Waals surface area contributed by atoms with E-state index >= 15 is 0 Å². The maximum Gasteiger partial charge on any atom is 0.191 e. The van der Waals surface area contributed by atoms with Crippen LogP contribution in [0, 0.1) is 5.92 Å². The van der Waals surface area contributed by atoms with E-state index in [4.69, 9.17) is 17.0 Å². The third-order valence-electron chi connectivity index (χ3n) is 3.59. The minimum Gasteiger partial charge on any atom is -0.467 e. The number of fused-ring (bicyclic) bond motifs is 4. The lowest BCUT2D eigenvalue weighted by molar-refractivity contribution is -0.133. The van der Waals surface area contributed by atoms with Crippen LogP contribution < -0.4 is 15.4 Å². The molecule has 3 atom stereocenters. The van der Waals surface area contributed by atoms with Crippen molar-refractivity contribution in [1.29, 1.82) is 0 Å². The molecule has 2 N–H and O–H groups in total. The second-order valence-corrected chi connectivity index (χ2v) is 5.32. The van der Waals surface area contributed by atoms with Gasteiger partial charge in [-0.2, -0.15) is 0 Å². The summed E-state index contributed by atoms with van der Waals surface area (Å²) in [6.45, 7) is 3.46. The molecule has 1 aromatic rings. The average Bonchev–Trinajstić information content (AvgIpc) is 2.26. The highest BCUT2D eigenvalue weighted by molar-refractivity contribution is 7.80. The Hall–Kier alpha value is -1.62. The first-order valence-electron chi connectivity index (χ1n) is 5.88. The summed E-state index contributed by atoms with van der Waals surface area (Å²) in [6.07, 6.45) is 0. The predicted molar refractivity (Wildman–Crippen MR) is 71.3 cm³/mol. The molecule has 0 amide bonds. The number of Topliss-reactive ketones (excluding diaryl/α,β-unsaturated/α-hetero) is 1. The van der Waals surface area contributed by atoms with E-state index in [1.807, 2.05) is 31.2 Å². The number of hydrogen-bond donors (Lipinski definition) is 2. The molecule has 0 aromatic heterocycles. The molecule has 1 fully saturated rings. The highest BCUT2D eigenvalue weighted by Gasteiger charge is 2.53. The fourth-order valence-corrected chi connectivity index (χ4v) is 3.24. The van der Waals surface area contributed by atoms with Gasteiger partial charge in [-0.05, 0) is 32.1 Å². The van der Waals surface area contributed by atoms with Crippen molar-refractivity contribution in [2.45, 2.75) is 25.6 Å². The Morgan fingerprint density at radius 2 is 2.17 bits per heavy atom. The number of carbonyl (C=O) groups excluding carboxylic acids is 1. The van der Waals surface area contributed by atoms with Gasteiger partial charge in [0.1, 0.15) is 17.5 Å². The standard InChI is InChI=1S/C13H14N2O2S/c1-7(16)10-11-8-5-3-4-6-9(8)17-13(10,2)15-12(18)14-11/h3-6,10-11H,1-2H3,(H2,14,15,18)/t10-,11+,13-/m0/s1. The summed E-state index contributed by atoms with van der Waals surface area (Å²) in [6, 6.07) is 7.62. The number of para-hydroxylation sites is 1. The normalized spacial score (nSPS) is 32.7. The minimum atomic E-state index is -0.771. The Balaban J connectivity index is 2.17. The maximum atomic E-state index is 11.9. The zero-order valence-electron chi connectivity index (χ0n) is 10.2. The molecular formula is C13H14N2O2S. The molecule has 2 bridgehead atoms. The molecule has 0 aliphatic carbocycles. The van der Waals surface area contributed by atoms with Crippen LogP contribution in [0.25, 0.3) is 0 Å². The van der Waals surface area contributed by atoms with Gasteiger partial charge in [-0.15, -0.1) is 0 Å². The molecule has 3 rings (SSSR count). The van der Waals surface area contributed by atoms with Gasteiger partial charge in [0.25, 0.3) is 0 Å². The number of benzene rings is 1. The number of hydrogen-bond acceptors (Lipinski definition) is 3. The smallest absolute Gasteiger partial charge is 0.191 e. The van der Waals surface area contributed by atoms with Crippen LogP contribution in [0.15, 0.2) is 24.3 Å². The molecule has 4 nitrogen and oxygen atoms in total. The molecule has 94 valence electrons. The van der Waals surface area contributed by atoms with Crippen molar-refractivity contribution < 1.29 is 9.53 Å². The summed E-state index contributed by atoms with van der Waals surface area (Å²) < 4.78 is 5.98. The van der Waals surface area contributed by atoms with E-state index in [-0.39, 0.29) is 17.7 Å². The monoisotopic (exact) mass is 262 g/mol. The van der Waals surface area contributed by atoms with Crippen LogP contribution in [0.3, 0.4) is 0 Å². The molecule has 2 heterocycles. The predicted octanol–water partition coefficient (Wildman–Crippen LogP) is 1.52. The maximum absolute atomic E-state index is 11.9. The van der Waals surface area contributed by atoms with Gasteiger partial charge in [0, 0.05) is 5.56 Å². The Morgan fingerprint density at radius 1 is 1.44 bits per heavy atom. The topological polar surface area (TPSA) is 50.4 Å². The highest BCUT2D eigenvalue weighted by atomic mass is 32.1. The fourth-order valence-electron chi connectivity index (χ4n) is 2.91. The number of nitrogens with one attached hydrogen (secondary N) is 2. The van der Waals surface area contributed by atoms with Gasteiger partial charge >= 0.3 is 0 Å². The van der Waals surface area contributed by atoms with E-state index in [0.717, 1.165) is 11.3 Å². The SMILES string of the molecule is CC(=O)[C@H]1[C@@H]2NC(=S)N[C@@]1(C)Oc1ccccc12. The van der Waals surface area contributed by atoms with Crippen molar-refractivity contribution in [2.24, 2.45) is 5.92 Å². The summed E-state index contributed by atoms with van der Waals surface area (Å²) in [5.74, 6) is 0.587. The lowest BCUT2D eigenvalue weighted by atomic mass is 9.78. The van der Waals surface area contributed by atoms with Crippen LogP contribution in [-0.4, -0.2) is 16.6 Å². The van der Waals surface area contributed by atoms with Gasteiger partial charge in [-0.25, -0.2) is 0 Å². The van der Waals surface area contributed by atoms with E-state index in [9.17, 15) is 4.79 Å². The third kappa shape index (κ3) is 1.50. The van der Waals surface area contributed by atoms with Crippen LogP contribution in [0.1, 0.15) is 25.5 Å². The molecule has 1 aromatic carbocycles. The van der Waals surface area contributed by atoms with Gasteiger partial charge in [0.05, 0.1) is 6.04 Å². The van der Waals surface area contributed by atoms with E-state index in [2.05, 4.69) is 10.6 Å². The van der Waals surface area contributed by atoms with Crippen molar-refractivity contribution in [1.82, 2.24) is 10.6 Å². The van der Waals surface area contributed by atoms with Crippen molar-refractivity contribution in [3.05, 3.63) is 29.8 Å². The van der Waals surface area contributed by atoms with E-state index < -0.39 is 5.72 Å². The molecule has 5 heteroatoms. The van der Waals surface area contributed by atoms with Gasteiger partial charge in [-0.3, -0.25) is 4.79 Å². The second kappa shape index (κ2) is 3.68. The Kier molecular flexibility index (Phi) is 2.35. The number of ketones is 1. The van der Waals surface area contributed by atoms with Crippen molar-refractivity contribution in [3.8, 4) is 5.75 Å². The molecule has 18 heavy (non-hydrogen) atoms. The molecule has 2 aliphatic heterocycles. The van der Waals surface area contributed by atoms with E-state index in [0.29, 0.717) is 5.11 Å². The third-order valence-corrected chi connectivity index (χ3v) is 3.81. The molecule has 0 spiro atoms. The first-order valence-corrected chi connectivity index (χ1v) is 6.29. The van der Waals surface area contributed by atoms with Gasteiger partial charge in [0.15, 0.2) is 10.8 Å². The second-order valence-electron chi connectivity index (χ2n) is 4.91. The molecule has 0 radical (unpaired) electrons. The number of thiocarbonyl (C=S) groups is 1. The lowest BCUT2D eigenvalue weighted by Crippen LogP contribution is -2.69. The number of carbonyl (C=O) groups is 1. The van der Waals surface area contributed by atoms with Crippen LogP contribution in [0.2, 0.25) is 0 Å². The van der Waals surface area contributed by atoms with Gasteiger partial charge in [0.2, 0.25) is 0 Å². The first kappa shape index (κ1) is 11.5. The average molecular weight is 262 g/mol. The number of ether oxygens (including phenoxy) is 1. The lowest BCUT2D eigenvalue weighted by Gasteiger charge is -2.50. The molecular weight excluding hydrogens is 248 g/mol. The Morgan fingerprint density at radius 3 is 2.89 bits per heavy atom. The van der Waals surface area contributed by atoms with Crippen LogP contribution in [0.5, 0.6) is 5.75 Å². The zero-order valence-corrected chi connectivity index (χ0v) is 11.0. The molecule has 2 aliphatic rings. The number of rotatable bonds is 1. The first-order chi connectivity index (χ1) is 8.51. The fraction of sp³-hybridized carbons (Fsp3) is 0.385. The van der Waals surface area contributed by atoms with Crippen molar-refractivity contribution in [3.63, 3.8) is 0 Å². The molecule has 0 saturated carbocycles. The van der Waals surface area contributed by atoms with Crippen LogP contribution >= 0.6 is 12.2 Å². The molecule has 1 saturated heterocycles. The molecule has 0 unspecified atom stereocenters. The van der Waals surface area contributed by atoms with Crippen LogP contribution in [0.4, 0.5) is 0 Å². The minimum absolute atomic E-state index is 0.0829. The zero-order chi connectivity index (χ0) is 12.9. The Labute approximate surface area is 111 Å². The summed E-state index contributed by atoms with van der Waals surface area (Å²) in [4.78, 5) is 11.9. The summed E-state index contributed by atoms with van der Waals surface area (Å²) >= 11 is 5.19. The largest absolute Gasteiger partial charge is 0.467 e. The Bertz CT molecular complexity index is 546. The van der Waals surface area contributed by atoms with Gasteiger partial charge < -0.3 is 15.4 Å². The van der Waals surface area contributed by atoms with Gasteiger partial charge in [-0.1, -0.05) is 18.2 Å². The summed E-state index contributed by atoms with van der Waals surface area (Å²) in [7, 11) is 0. The summed E-state index contributed by atoms with van der Waals surface area (Å²) in [5.41, 5.74) is 0.215. The quantitative estimate of drug-likeness (QED) is 0.752. The van der Waals surface area contributed by atoms with Crippen molar-refractivity contribution >= 4 is 23.1 Å². The van der Waals surface area contributed by atoms with Crippen molar-refractivity contribution in [2.75, 3.05) is 0 Å². The highest BCUT2D eigenvalue weighted by Crippen LogP contribution is 2.44. The van der Waals surface area contributed by atoms with E-state index in [1.165, 1.54) is 0 Å².